The molecule has 12 heavy (non-hydrogen) atoms. The van der Waals surface area contributed by atoms with Crippen molar-refractivity contribution in [3.63, 3.8) is 0 Å². The van der Waals surface area contributed by atoms with E-state index in [4.69, 9.17) is 0 Å². The van der Waals surface area contributed by atoms with Crippen LogP contribution in [0.1, 0.15) is 25.7 Å². The highest BCUT2D eigenvalue weighted by atomic mass is 19.4. The summed E-state index contributed by atoms with van der Waals surface area (Å²) in [6.45, 7) is 3.40. The summed E-state index contributed by atoms with van der Waals surface area (Å²) in [5.41, 5.74) is 0. The summed E-state index contributed by atoms with van der Waals surface area (Å²) in [6, 6.07) is 0. The van der Waals surface area contributed by atoms with Crippen LogP contribution in [-0.4, -0.2) is 12.0 Å². The van der Waals surface area contributed by atoms with E-state index in [1.807, 2.05) is 0 Å². The summed E-state index contributed by atoms with van der Waals surface area (Å²) in [5, 5.41) is 0. The van der Waals surface area contributed by atoms with Gasteiger partial charge >= 0.3 is 6.18 Å². The average molecular weight is 180 g/mol. The molecule has 0 saturated carbocycles. The highest BCUT2D eigenvalue weighted by molar-refractivity contribution is 5.78. The van der Waals surface area contributed by atoms with Gasteiger partial charge in [0.2, 0.25) is 0 Å². The molecule has 0 unspecified atom stereocenters. The maximum atomic E-state index is 11.6. The van der Waals surface area contributed by atoms with Gasteiger partial charge in [0.25, 0.3) is 0 Å². The zero-order chi connectivity index (χ0) is 9.61. The minimum Gasteiger partial charge on any atom is -0.299 e. The number of unbranched alkanes of at least 4 members (excludes halogenated alkanes) is 1. The molecule has 0 aromatic heterocycles. The lowest BCUT2D eigenvalue weighted by Crippen LogP contribution is -2.14. The molecule has 0 radical (unpaired) electrons. The first-order valence-corrected chi connectivity index (χ1v) is 3.65. The maximum Gasteiger partial charge on any atom is 0.395 e. The van der Waals surface area contributed by atoms with Crippen LogP contribution in [-0.2, 0) is 4.79 Å². The Morgan fingerprint density at radius 2 is 2.00 bits per heavy atom. The van der Waals surface area contributed by atoms with Crippen LogP contribution in [0.5, 0.6) is 0 Å². The molecule has 0 saturated heterocycles. The molecule has 0 rings (SSSR count). The predicted molar refractivity (Wildman–Crippen MR) is 39.7 cm³/mol. The fourth-order valence-electron chi connectivity index (χ4n) is 0.756. The van der Waals surface area contributed by atoms with E-state index in [1.165, 1.54) is 0 Å². The molecule has 0 aromatic carbocycles. The third-order valence-electron chi connectivity index (χ3n) is 1.26. The van der Waals surface area contributed by atoms with Crippen LogP contribution in [0.25, 0.3) is 0 Å². The summed E-state index contributed by atoms with van der Waals surface area (Å²) in [6.07, 6.45) is -3.04. The Kier molecular flexibility index (Phi) is 4.62. The Balaban J connectivity index is 3.53. The number of hydrogen-bond donors (Lipinski definition) is 0. The summed E-state index contributed by atoms with van der Waals surface area (Å²) in [5.74, 6) is -0.746. The number of alkyl halides is 3. The number of Topliss-reactive ketones (excluding diaryl/α,β-unsaturated/α-hetero) is 1. The largest absolute Gasteiger partial charge is 0.395 e. The monoisotopic (exact) mass is 180 g/mol. The van der Waals surface area contributed by atoms with E-state index in [9.17, 15) is 18.0 Å². The molecule has 0 spiro atoms. The lowest BCUT2D eigenvalue weighted by atomic mass is 10.1. The van der Waals surface area contributed by atoms with E-state index < -0.39 is 18.4 Å². The van der Waals surface area contributed by atoms with Crippen LogP contribution in [0.3, 0.4) is 0 Å². The van der Waals surface area contributed by atoms with E-state index in [0.29, 0.717) is 12.8 Å². The molecule has 0 aliphatic carbocycles. The van der Waals surface area contributed by atoms with Gasteiger partial charge in [-0.15, -0.1) is 6.58 Å². The third-order valence-corrected chi connectivity index (χ3v) is 1.26. The Labute approximate surface area is 69.3 Å². The van der Waals surface area contributed by atoms with Crippen LogP contribution >= 0.6 is 0 Å². The zero-order valence-electron chi connectivity index (χ0n) is 6.66. The Morgan fingerprint density at radius 1 is 1.42 bits per heavy atom. The van der Waals surface area contributed by atoms with Gasteiger partial charge < -0.3 is 0 Å². The second kappa shape index (κ2) is 4.95. The molecule has 0 atom stereocenters. The smallest absolute Gasteiger partial charge is 0.299 e. The van der Waals surface area contributed by atoms with Crippen LogP contribution in [0, 0.1) is 0 Å². The van der Waals surface area contributed by atoms with Gasteiger partial charge in [-0.3, -0.25) is 4.79 Å². The van der Waals surface area contributed by atoms with E-state index in [0.717, 1.165) is 0 Å². The van der Waals surface area contributed by atoms with Gasteiger partial charge in [-0.05, 0) is 12.8 Å². The topological polar surface area (TPSA) is 17.1 Å². The molecule has 0 bridgehead atoms. The second-order valence-corrected chi connectivity index (χ2v) is 2.51. The second-order valence-electron chi connectivity index (χ2n) is 2.51. The molecule has 4 heteroatoms. The number of hydrogen-bond acceptors (Lipinski definition) is 1. The number of allylic oxidation sites excluding steroid dienone is 1. The quantitative estimate of drug-likeness (QED) is 0.469. The van der Waals surface area contributed by atoms with Crippen molar-refractivity contribution in [3.05, 3.63) is 12.7 Å². The summed E-state index contributed by atoms with van der Waals surface area (Å²) < 4.78 is 34.7. The molecule has 0 heterocycles. The number of carbonyl (C=O) groups is 1. The molecule has 0 aliphatic rings. The van der Waals surface area contributed by atoms with Gasteiger partial charge in [-0.2, -0.15) is 13.2 Å². The molecule has 0 aromatic rings. The molecule has 0 fully saturated rings. The third kappa shape index (κ3) is 7.31. The van der Waals surface area contributed by atoms with Gasteiger partial charge in [0.1, 0.15) is 12.2 Å². The van der Waals surface area contributed by atoms with Crippen molar-refractivity contribution in [1.82, 2.24) is 0 Å². The molecular weight excluding hydrogens is 169 g/mol. The first-order valence-electron chi connectivity index (χ1n) is 3.65. The van der Waals surface area contributed by atoms with Gasteiger partial charge in [-0.25, -0.2) is 0 Å². The molecule has 1 nitrogen and oxygen atoms in total. The lowest BCUT2D eigenvalue weighted by Gasteiger charge is -2.03. The average Bonchev–Trinajstić information content (AvgIpc) is 1.84. The van der Waals surface area contributed by atoms with E-state index >= 15 is 0 Å². The van der Waals surface area contributed by atoms with Crippen molar-refractivity contribution >= 4 is 5.78 Å². The van der Waals surface area contributed by atoms with Crippen LogP contribution < -0.4 is 0 Å². The van der Waals surface area contributed by atoms with Gasteiger partial charge in [-0.1, -0.05) is 6.08 Å². The first kappa shape index (κ1) is 11.2. The molecule has 0 N–H and O–H groups in total. The molecular formula is C8H11F3O. The van der Waals surface area contributed by atoms with Crippen molar-refractivity contribution in [2.75, 3.05) is 0 Å². The first-order chi connectivity index (χ1) is 5.45. The van der Waals surface area contributed by atoms with Crippen LogP contribution in [0.4, 0.5) is 13.2 Å². The lowest BCUT2D eigenvalue weighted by molar-refractivity contribution is -0.152. The van der Waals surface area contributed by atoms with Gasteiger partial charge in [0, 0.05) is 6.42 Å². The van der Waals surface area contributed by atoms with E-state index in [1.54, 1.807) is 6.08 Å². The summed E-state index contributed by atoms with van der Waals surface area (Å²) in [7, 11) is 0. The minimum atomic E-state index is -4.36. The summed E-state index contributed by atoms with van der Waals surface area (Å²) in [4.78, 5) is 10.6. The van der Waals surface area contributed by atoms with Crippen molar-refractivity contribution in [3.8, 4) is 0 Å². The Bertz CT molecular complexity index is 160. The van der Waals surface area contributed by atoms with Crippen LogP contribution in [0.2, 0.25) is 0 Å². The standard InChI is InChI=1S/C8H11F3O/c1-2-3-4-5-7(12)6-8(9,10)11/h2H,1,3-6H2. The number of ketones is 1. The number of halogens is 3. The number of carbonyl (C=O) groups excluding carboxylic acids is 1. The van der Waals surface area contributed by atoms with Gasteiger partial charge in [0.15, 0.2) is 0 Å². The summed E-state index contributed by atoms with van der Waals surface area (Å²) >= 11 is 0. The highest BCUT2D eigenvalue weighted by Gasteiger charge is 2.30. The SMILES string of the molecule is C=CCCCC(=O)CC(F)(F)F. The van der Waals surface area contributed by atoms with E-state index in [-0.39, 0.29) is 6.42 Å². The fourth-order valence-corrected chi connectivity index (χ4v) is 0.756. The van der Waals surface area contributed by atoms with Gasteiger partial charge in [0.05, 0.1) is 0 Å². The number of rotatable bonds is 5. The van der Waals surface area contributed by atoms with Crippen molar-refractivity contribution < 1.29 is 18.0 Å². The fraction of sp³-hybridized carbons (Fsp3) is 0.625. The van der Waals surface area contributed by atoms with Crippen molar-refractivity contribution in [2.45, 2.75) is 31.9 Å². The maximum absolute atomic E-state index is 11.6. The highest BCUT2D eigenvalue weighted by Crippen LogP contribution is 2.20. The van der Waals surface area contributed by atoms with Crippen molar-refractivity contribution in [2.24, 2.45) is 0 Å². The molecule has 70 valence electrons. The van der Waals surface area contributed by atoms with Crippen molar-refractivity contribution in [1.29, 1.82) is 0 Å². The van der Waals surface area contributed by atoms with E-state index in [2.05, 4.69) is 6.58 Å². The zero-order valence-corrected chi connectivity index (χ0v) is 6.66. The predicted octanol–water partition coefficient (Wildman–Crippen LogP) is 2.86. The molecule has 0 aliphatic heterocycles. The Hall–Kier alpha value is -0.800. The van der Waals surface area contributed by atoms with Crippen LogP contribution in [0.15, 0.2) is 12.7 Å². The minimum absolute atomic E-state index is 0.00840. The normalized spacial score (nSPS) is 11.2. The molecule has 0 amide bonds. The Morgan fingerprint density at radius 3 is 2.42 bits per heavy atom.